The molecule has 0 radical (unpaired) electrons. The van der Waals surface area contributed by atoms with Gasteiger partial charge < -0.3 is 10.4 Å². The van der Waals surface area contributed by atoms with Crippen molar-refractivity contribution in [2.45, 2.75) is 39.0 Å². The summed E-state index contributed by atoms with van der Waals surface area (Å²) in [5, 5.41) is 12.5. The molecule has 0 aromatic heterocycles. The molecule has 4 heteroatoms. The molecular weight excluding hydrogens is 306 g/mol. The first-order valence-electron chi connectivity index (χ1n) is 6.82. The maximum atomic E-state index is 11.0. The number of hydrogen-bond acceptors (Lipinski definition) is 2. The van der Waals surface area contributed by atoms with Gasteiger partial charge in [0.15, 0.2) is 0 Å². The molecule has 0 heterocycles. The highest BCUT2D eigenvalue weighted by Gasteiger charge is 2.31. The topological polar surface area (TPSA) is 49.3 Å². The normalized spacial score (nSPS) is 17.4. The van der Waals surface area contributed by atoms with Gasteiger partial charge >= 0.3 is 5.97 Å². The molecular formula is C15H20BrNO2. The van der Waals surface area contributed by atoms with Crippen LogP contribution in [0.3, 0.4) is 0 Å². The molecule has 0 atom stereocenters. The van der Waals surface area contributed by atoms with Crippen LogP contribution in [0.25, 0.3) is 0 Å². The third-order valence-electron chi connectivity index (χ3n) is 4.23. The van der Waals surface area contributed by atoms with Gasteiger partial charge in [-0.3, -0.25) is 0 Å². The number of carboxylic acid groups (broad SMARTS) is 1. The first kappa shape index (κ1) is 14.4. The number of anilines is 1. The van der Waals surface area contributed by atoms with Gasteiger partial charge in [-0.1, -0.05) is 35.7 Å². The molecule has 1 fully saturated rings. The zero-order chi connectivity index (χ0) is 13.9. The summed E-state index contributed by atoms with van der Waals surface area (Å²) in [6.07, 6.45) is 6.36. The van der Waals surface area contributed by atoms with E-state index < -0.39 is 5.97 Å². The molecule has 1 aliphatic rings. The lowest BCUT2D eigenvalue weighted by Gasteiger charge is -2.28. The van der Waals surface area contributed by atoms with Gasteiger partial charge in [-0.05, 0) is 42.9 Å². The molecule has 1 saturated carbocycles. The summed E-state index contributed by atoms with van der Waals surface area (Å²) < 4.78 is 0.798. The quantitative estimate of drug-likeness (QED) is 0.836. The van der Waals surface area contributed by atoms with E-state index in [-0.39, 0.29) is 0 Å². The minimum absolute atomic E-state index is 0.314. The van der Waals surface area contributed by atoms with Crippen molar-refractivity contribution < 1.29 is 9.90 Å². The van der Waals surface area contributed by atoms with Crippen molar-refractivity contribution in [3.05, 3.63) is 28.2 Å². The van der Waals surface area contributed by atoms with Crippen LogP contribution in [0.2, 0.25) is 0 Å². The summed E-state index contributed by atoms with van der Waals surface area (Å²) in [6.45, 7) is 3.18. The standard InChI is InChI=1S/C15H20BrNO2/c1-2-15(5-3-4-6-15)10-17-13-8-11(14(18)19)7-12(16)9-13/h7-9,17H,2-6,10H2,1H3,(H,18,19). The van der Waals surface area contributed by atoms with Crippen molar-refractivity contribution in [2.24, 2.45) is 5.41 Å². The van der Waals surface area contributed by atoms with Crippen LogP contribution in [0, 0.1) is 5.41 Å². The van der Waals surface area contributed by atoms with Gasteiger partial charge in [0.05, 0.1) is 5.56 Å². The molecule has 1 aliphatic carbocycles. The summed E-state index contributed by atoms with van der Waals surface area (Å²) in [5.41, 5.74) is 1.59. The lowest BCUT2D eigenvalue weighted by atomic mass is 9.83. The van der Waals surface area contributed by atoms with Crippen LogP contribution in [0.1, 0.15) is 49.4 Å². The number of aromatic carboxylic acids is 1. The van der Waals surface area contributed by atoms with Crippen molar-refractivity contribution in [1.29, 1.82) is 0 Å². The molecule has 1 aromatic rings. The van der Waals surface area contributed by atoms with Crippen molar-refractivity contribution in [3.8, 4) is 0 Å². The number of benzene rings is 1. The fourth-order valence-electron chi connectivity index (χ4n) is 2.89. The number of nitrogens with one attached hydrogen (secondary N) is 1. The van der Waals surface area contributed by atoms with E-state index in [2.05, 4.69) is 28.2 Å². The lowest BCUT2D eigenvalue weighted by Crippen LogP contribution is -2.25. The second kappa shape index (κ2) is 5.95. The largest absolute Gasteiger partial charge is 0.478 e. The zero-order valence-corrected chi connectivity index (χ0v) is 12.8. The Morgan fingerprint density at radius 1 is 1.37 bits per heavy atom. The number of carbonyl (C=O) groups is 1. The van der Waals surface area contributed by atoms with Crippen LogP contribution in [0.4, 0.5) is 5.69 Å². The molecule has 0 bridgehead atoms. The van der Waals surface area contributed by atoms with E-state index in [1.807, 2.05) is 6.07 Å². The van der Waals surface area contributed by atoms with E-state index in [4.69, 9.17) is 5.11 Å². The van der Waals surface area contributed by atoms with Gasteiger partial charge in [-0.15, -0.1) is 0 Å². The summed E-state index contributed by atoms with van der Waals surface area (Å²) in [5.74, 6) is -0.893. The molecule has 19 heavy (non-hydrogen) atoms. The minimum atomic E-state index is -0.893. The molecule has 2 rings (SSSR count). The third-order valence-corrected chi connectivity index (χ3v) is 4.68. The molecule has 0 amide bonds. The van der Waals surface area contributed by atoms with Gasteiger partial charge in [0.2, 0.25) is 0 Å². The number of hydrogen-bond donors (Lipinski definition) is 2. The predicted octanol–water partition coefficient (Wildman–Crippen LogP) is 4.53. The fourth-order valence-corrected chi connectivity index (χ4v) is 3.38. The van der Waals surface area contributed by atoms with Crippen molar-refractivity contribution >= 4 is 27.6 Å². The number of carboxylic acids is 1. The fraction of sp³-hybridized carbons (Fsp3) is 0.533. The highest BCUT2D eigenvalue weighted by Crippen LogP contribution is 2.41. The molecule has 2 N–H and O–H groups in total. The first-order valence-corrected chi connectivity index (χ1v) is 7.62. The highest BCUT2D eigenvalue weighted by molar-refractivity contribution is 9.10. The van der Waals surface area contributed by atoms with Crippen molar-refractivity contribution in [1.82, 2.24) is 0 Å². The monoisotopic (exact) mass is 325 g/mol. The predicted molar refractivity (Wildman–Crippen MR) is 80.8 cm³/mol. The Balaban J connectivity index is 2.08. The highest BCUT2D eigenvalue weighted by atomic mass is 79.9. The smallest absolute Gasteiger partial charge is 0.335 e. The van der Waals surface area contributed by atoms with Crippen molar-refractivity contribution in [3.63, 3.8) is 0 Å². The molecule has 0 aliphatic heterocycles. The Labute approximate surface area is 122 Å². The van der Waals surface area contributed by atoms with E-state index in [0.29, 0.717) is 11.0 Å². The second-order valence-corrected chi connectivity index (χ2v) is 6.36. The second-order valence-electron chi connectivity index (χ2n) is 5.45. The minimum Gasteiger partial charge on any atom is -0.478 e. The lowest BCUT2D eigenvalue weighted by molar-refractivity contribution is 0.0697. The van der Waals surface area contributed by atoms with Gasteiger partial charge in [0.1, 0.15) is 0 Å². The van der Waals surface area contributed by atoms with E-state index >= 15 is 0 Å². The maximum absolute atomic E-state index is 11.0. The van der Waals surface area contributed by atoms with E-state index in [9.17, 15) is 4.79 Å². The number of halogens is 1. The average molecular weight is 326 g/mol. The van der Waals surface area contributed by atoms with E-state index in [1.165, 1.54) is 32.1 Å². The van der Waals surface area contributed by atoms with Crippen LogP contribution in [-0.4, -0.2) is 17.6 Å². The maximum Gasteiger partial charge on any atom is 0.335 e. The first-order chi connectivity index (χ1) is 9.04. The molecule has 1 aromatic carbocycles. The Hall–Kier alpha value is -1.03. The summed E-state index contributed by atoms with van der Waals surface area (Å²) in [6, 6.07) is 5.26. The SMILES string of the molecule is CCC1(CNc2cc(Br)cc(C(=O)O)c2)CCCC1. The molecule has 0 spiro atoms. The van der Waals surface area contributed by atoms with Crippen LogP contribution in [0.15, 0.2) is 22.7 Å². The van der Waals surface area contributed by atoms with Gasteiger partial charge in [-0.2, -0.15) is 0 Å². The Kier molecular flexibility index (Phi) is 4.50. The Morgan fingerprint density at radius 3 is 2.63 bits per heavy atom. The van der Waals surface area contributed by atoms with Crippen LogP contribution >= 0.6 is 15.9 Å². The summed E-state index contributed by atoms with van der Waals surface area (Å²) >= 11 is 3.36. The third kappa shape index (κ3) is 3.50. The Morgan fingerprint density at radius 2 is 2.05 bits per heavy atom. The van der Waals surface area contributed by atoms with Crippen LogP contribution in [-0.2, 0) is 0 Å². The molecule has 0 saturated heterocycles. The Bertz CT molecular complexity index is 467. The van der Waals surface area contributed by atoms with Gasteiger partial charge in [-0.25, -0.2) is 4.79 Å². The summed E-state index contributed by atoms with van der Waals surface area (Å²) in [4.78, 5) is 11.0. The molecule has 104 valence electrons. The van der Waals surface area contributed by atoms with Crippen LogP contribution < -0.4 is 5.32 Å². The van der Waals surface area contributed by atoms with E-state index in [1.54, 1.807) is 12.1 Å². The summed E-state index contributed by atoms with van der Waals surface area (Å²) in [7, 11) is 0. The zero-order valence-electron chi connectivity index (χ0n) is 11.2. The average Bonchev–Trinajstić information content (AvgIpc) is 2.85. The van der Waals surface area contributed by atoms with Crippen molar-refractivity contribution in [2.75, 3.05) is 11.9 Å². The van der Waals surface area contributed by atoms with Crippen LogP contribution in [0.5, 0.6) is 0 Å². The number of rotatable bonds is 5. The van der Waals surface area contributed by atoms with Gasteiger partial charge in [0.25, 0.3) is 0 Å². The van der Waals surface area contributed by atoms with E-state index in [0.717, 1.165) is 16.7 Å². The molecule has 3 nitrogen and oxygen atoms in total. The molecule has 0 unspecified atom stereocenters. The van der Waals surface area contributed by atoms with Gasteiger partial charge in [0, 0.05) is 16.7 Å².